The van der Waals surface area contributed by atoms with Crippen LogP contribution in [0, 0.1) is 11.3 Å². The molecule has 0 saturated carbocycles. The zero-order chi connectivity index (χ0) is 10.1. The van der Waals surface area contributed by atoms with Crippen molar-refractivity contribution in [3.63, 3.8) is 0 Å². The van der Waals surface area contributed by atoms with Gasteiger partial charge in [-0.1, -0.05) is 0 Å². The first-order chi connectivity index (χ1) is 6.72. The number of carbonyl (C=O) groups is 2. The van der Waals surface area contributed by atoms with Gasteiger partial charge in [0.1, 0.15) is 0 Å². The lowest BCUT2D eigenvalue weighted by Gasteiger charge is -2.07. The molecule has 2 rings (SSSR count). The molecule has 0 aliphatic heterocycles. The zero-order valence-corrected chi connectivity index (χ0v) is 7.15. The molecule has 1 aromatic rings. The normalized spacial score (nSPS) is 13.6. The summed E-state index contributed by atoms with van der Waals surface area (Å²) < 4.78 is 0. The van der Waals surface area contributed by atoms with Crippen LogP contribution in [0.1, 0.15) is 26.3 Å². The van der Waals surface area contributed by atoms with Crippen LogP contribution in [0.2, 0.25) is 0 Å². The second-order valence-electron chi connectivity index (χ2n) is 2.93. The molecule has 0 radical (unpaired) electrons. The number of carbonyl (C=O) groups excluding carboxylic acids is 2. The van der Waals surface area contributed by atoms with Crippen molar-refractivity contribution in [2.75, 3.05) is 0 Å². The second kappa shape index (κ2) is 2.93. The number of hydrogen-bond donors (Lipinski definition) is 0. The Kier molecular flexibility index (Phi) is 1.76. The Bertz CT molecular complexity index is 507. The fourth-order valence-corrected chi connectivity index (χ4v) is 1.36. The van der Waals surface area contributed by atoms with Crippen LogP contribution in [0.25, 0.3) is 0 Å². The Morgan fingerprint density at radius 2 is 1.64 bits per heavy atom. The minimum atomic E-state index is -0.225. The molecule has 0 spiro atoms. The van der Waals surface area contributed by atoms with Crippen LogP contribution in [0.15, 0.2) is 30.4 Å². The summed E-state index contributed by atoms with van der Waals surface area (Å²) in [6.07, 6.45) is 2.47. The highest BCUT2D eigenvalue weighted by Crippen LogP contribution is 2.17. The van der Waals surface area contributed by atoms with E-state index >= 15 is 0 Å². The van der Waals surface area contributed by atoms with Gasteiger partial charge in [-0.15, -0.1) is 0 Å². The molecule has 3 heteroatoms. The Hall–Kier alpha value is -2.21. The lowest BCUT2D eigenvalue weighted by Crippen LogP contribution is -2.11. The highest BCUT2D eigenvalue weighted by molar-refractivity contribution is 6.22. The number of ketones is 2. The molecule has 1 aliphatic rings. The summed E-state index contributed by atoms with van der Waals surface area (Å²) >= 11 is 0. The van der Waals surface area contributed by atoms with Crippen LogP contribution >= 0.6 is 0 Å². The van der Waals surface area contributed by atoms with Gasteiger partial charge in [0.2, 0.25) is 0 Å². The minimum absolute atomic E-state index is 0.191. The first kappa shape index (κ1) is 8.39. The maximum atomic E-state index is 11.4. The van der Waals surface area contributed by atoms with Crippen molar-refractivity contribution in [1.82, 2.24) is 0 Å². The Morgan fingerprint density at radius 3 is 2.29 bits per heavy atom. The molecule has 0 amide bonds. The van der Waals surface area contributed by atoms with Gasteiger partial charge in [0.15, 0.2) is 11.6 Å². The first-order valence-electron chi connectivity index (χ1n) is 4.03. The lowest BCUT2D eigenvalue weighted by molar-refractivity contribution is 0.0994. The fourth-order valence-electron chi connectivity index (χ4n) is 1.36. The fraction of sp³-hybridized carbons (Fsp3) is 0. The monoisotopic (exact) mass is 183 g/mol. The number of fused-ring (bicyclic) bond motifs is 1. The Balaban J connectivity index is 2.68. The highest BCUT2D eigenvalue weighted by atomic mass is 16.1. The quantitative estimate of drug-likeness (QED) is 0.612. The number of benzene rings is 1. The predicted molar refractivity (Wildman–Crippen MR) is 49.0 cm³/mol. The van der Waals surface area contributed by atoms with Gasteiger partial charge in [-0.25, -0.2) is 0 Å². The van der Waals surface area contributed by atoms with E-state index in [1.807, 2.05) is 6.07 Å². The van der Waals surface area contributed by atoms with Crippen LogP contribution in [0.5, 0.6) is 0 Å². The standard InChI is InChI=1S/C11H5NO2/c12-6-7-1-2-8-9(5-7)11(14)4-3-10(8)13/h1-5H. The lowest BCUT2D eigenvalue weighted by atomic mass is 9.93. The number of nitrogens with zero attached hydrogens (tertiary/aromatic N) is 1. The molecule has 14 heavy (non-hydrogen) atoms. The van der Waals surface area contributed by atoms with Crippen LogP contribution in [-0.4, -0.2) is 11.6 Å². The van der Waals surface area contributed by atoms with Crippen molar-refractivity contribution < 1.29 is 9.59 Å². The third kappa shape index (κ3) is 1.14. The SMILES string of the molecule is N#Cc1ccc2c(c1)C(=O)C=CC2=O. The molecule has 1 aliphatic carbocycles. The van der Waals surface area contributed by atoms with E-state index in [0.717, 1.165) is 0 Å². The van der Waals surface area contributed by atoms with E-state index in [-0.39, 0.29) is 11.6 Å². The van der Waals surface area contributed by atoms with Crippen molar-refractivity contribution >= 4 is 11.6 Å². The molecule has 1 aromatic carbocycles. The summed E-state index contributed by atoms with van der Waals surface area (Å²) in [5.74, 6) is -0.416. The van der Waals surface area contributed by atoms with Gasteiger partial charge in [-0.2, -0.15) is 5.26 Å². The van der Waals surface area contributed by atoms with E-state index < -0.39 is 0 Å². The summed E-state index contributed by atoms with van der Waals surface area (Å²) in [5, 5.41) is 8.63. The van der Waals surface area contributed by atoms with Crippen LogP contribution in [-0.2, 0) is 0 Å². The molecular weight excluding hydrogens is 178 g/mol. The smallest absolute Gasteiger partial charge is 0.186 e. The number of rotatable bonds is 0. The molecule has 0 saturated heterocycles. The van der Waals surface area contributed by atoms with Gasteiger partial charge in [-0.3, -0.25) is 9.59 Å². The number of allylic oxidation sites excluding steroid dienone is 2. The third-order valence-corrected chi connectivity index (χ3v) is 2.07. The van der Waals surface area contributed by atoms with E-state index in [2.05, 4.69) is 0 Å². The largest absolute Gasteiger partial charge is 0.289 e. The van der Waals surface area contributed by atoms with Gasteiger partial charge in [0, 0.05) is 11.1 Å². The minimum Gasteiger partial charge on any atom is -0.289 e. The van der Waals surface area contributed by atoms with Crippen LogP contribution in [0.3, 0.4) is 0 Å². The number of nitriles is 1. The summed E-state index contributed by atoms with van der Waals surface area (Å²) in [4.78, 5) is 22.7. The van der Waals surface area contributed by atoms with Crippen molar-refractivity contribution in [3.05, 3.63) is 47.0 Å². The third-order valence-electron chi connectivity index (χ3n) is 2.07. The summed E-state index contributed by atoms with van der Waals surface area (Å²) in [6.45, 7) is 0. The predicted octanol–water partition coefficient (Wildman–Crippen LogP) is 1.49. The zero-order valence-electron chi connectivity index (χ0n) is 7.15. The molecule has 0 fully saturated rings. The Labute approximate surface area is 80.3 Å². The van der Waals surface area contributed by atoms with Crippen molar-refractivity contribution in [3.8, 4) is 6.07 Å². The summed E-state index contributed by atoms with van der Waals surface area (Å²) in [5.41, 5.74) is 1.08. The van der Waals surface area contributed by atoms with Crippen molar-refractivity contribution in [1.29, 1.82) is 5.26 Å². The summed E-state index contributed by atoms with van der Waals surface area (Å²) in [6, 6.07) is 6.41. The molecular formula is C11H5NO2. The average Bonchev–Trinajstić information content (AvgIpc) is 2.23. The van der Waals surface area contributed by atoms with Crippen LogP contribution < -0.4 is 0 Å². The average molecular weight is 183 g/mol. The molecule has 0 unspecified atom stereocenters. The van der Waals surface area contributed by atoms with E-state index in [9.17, 15) is 9.59 Å². The first-order valence-corrected chi connectivity index (χ1v) is 4.03. The maximum absolute atomic E-state index is 11.4. The highest BCUT2D eigenvalue weighted by Gasteiger charge is 2.18. The molecule has 66 valence electrons. The molecule has 0 atom stereocenters. The van der Waals surface area contributed by atoms with E-state index in [4.69, 9.17) is 5.26 Å². The van der Waals surface area contributed by atoms with Gasteiger partial charge in [0.05, 0.1) is 11.6 Å². The summed E-state index contributed by atoms with van der Waals surface area (Å²) in [7, 11) is 0. The van der Waals surface area contributed by atoms with Crippen molar-refractivity contribution in [2.24, 2.45) is 0 Å². The Morgan fingerprint density at radius 1 is 1.00 bits per heavy atom. The molecule has 3 nitrogen and oxygen atoms in total. The van der Waals surface area contributed by atoms with Gasteiger partial charge in [-0.05, 0) is 30.4 Å². The molecule has 0 bridgehead atoms. The van der Waals surface area contributed by atoms with Gasteiger partial charge >= 0.3 is 0 Å². The number of hydrogen-bond acceptors (Lipinski definition) is 3. The van der Waals surface area contributed by atoms with Crippen molar-refractivity contribution in [2.45, 2.75) is 0 Å². The second-order valence-corrected chi connectivity index (χ2v) is 2.93. The molecule has 0 N–H and O–H groups in total. The van der Waals surface area contributed by atoms with Gasteiger partial charge in [0.25, 0.3) is 0 Å². The molecule has 0 heterocycles. The molecule has 0 aromatic heterocycles. The van der Waals surface area contributed by atoms with E-state index in [1.54, 1.807) is 0 Å². The van der Waals surface area contributed by atoms with E-state index in [0.29, 0.717) is 16.7 Å². The van der Waals surface area contributed by atoms with Gasteiger partial charge < -0.3 is 0 Å². The topological polar surface area (TPSA) is 57.9 Å². The maximum Gasteiger partial charge on any atom is 0.186 e. The van der Waals surface area contributed by atoms with E-state index in [1.165, 1.54) is 30.4 Å². The van der Waals surface area contributed by atoms with Crippen LogP contribution in [0.4, 0.5) is 0 Å².